The third-order valence-corrected chi connectivity index (χ3v) is 3.04. The minimum absolute atomic E-state index is 0.172. The van der Waals surface area contributed by atoms with Crippen LogP contribution in [0.1, 0.15) is 44.6 Å². The highest BCUT2D eigenvalue weighted by Gasteiger charge is 2.23. The van der Waals surface area contributed by atoms with Crippen molar-refractivity contribution in [2.24, 2.45) is 0 Å². The lowest BCUT2D eigenvalue weighted by molar-refractivity contribution is -0.145. The van der Waals surface area contributed by atoms with Crippen LogP contribution in [-0.2, 0) is 9.53 Å². The number of benzene rings is 1. The zero-order valence-corrected chi connectivity index (χ0v) is 11.2. The molecule has 0 fully saturated rings. The van der Waals surface area contributed by atoms with Crippen molar-refractivity contribution in [3.05, 3.63) is 34.9 Å². The summed E-state index contributed by atoms with van der Waals surface area (Å²) in [5, 5.41) is 0.640. The maximum atomic E-state index is 11.9. The summed E-state index contributed by atoms with van der Waals surface area (Å²) < 4.78 is 5.11. The van der Waals surface area contributed by atoms with E-state index >= 15 is 0 Å². The average molecular weight is 255 g/mol. The van der Waals surface area contributed by atoms with Crippen LogP contribution < -0.4 is 0 Å². The van der Waals surface area contributed by atoms with E-state index in [0.29, 0.717) is 11.6 Å². The van der Waals surface area contributed by atoms with Crippen molar-refractivity contribution in [2.45, 2.75) is 39.0 Å². The number of unbranched alkanes of at least 4 members (excludes halogenated alkanes) is 1. The van der Waals surface area contributed by atoms with Crippen LogP contribution in [-0.4, -0.2) is 12.6 Å². The number of hydrogen-bond acceptors (Lipinski definition) is 2. The van der Waals surface area contributed by atoms with Gasteiger partial charge in [-0.05, 0) is 25.0 Å². The molecule has 0 aliphatic heterocycles. The lowest BCUT2D eigenvalue weighted by Crippen LogP contribution is -2.16. The summed E-state index contributed by atoms with van der Waals surface area (Å²) in [6, 6.07) is 7.49. The van der Waals surface area contributed by atoms with Crippen LogP contribution in [0.4, 0.5) is 0 Å². The lowest BCUT2D eigenvalue weighted by Gasteiger charge is -2.16. The normalized spacial score (nSPS) is 12.2. The van der Waals surface area contributed by atoms with Crippen LogP contribution in [0.2, 0.25) is 5.02 Å². The maximum absolute atomic E-state index is 11.9. The molecule has 0 bridgehead atoms. The number of rotatable bonds is 6. The molecule has 0 amide bonds. The van der Waals surface area contributed by atoms with Gasteiger partial charge in [-0.3, -0.25) is 4.79 Å². The topological polar surface area (TPSA) is 26.3 Å². The summed E-state index contributed by atoms with van der Waals surface area (Å²) in [5.41, 5.74) is 0.876. The van der Waals surface area contributed by atoms with Crippen molar-refractivity contribution in [3.8, 4) is 0 Å². The van der Waals surface area contributed by atoms with Gasteiger partial charge in [0.15, 0.2) is 0 Å². The zero-order valence-electron chi connectivity index (χ0n) is 10.4. The number of carbonyl (C=O) groups is 1. The van der Waals surface area contributed by atoms with Crippen LogP contribution in [0.15, 0.2) is 24.3 Å². The van der Waals surface area contributed by atoms with Crippen LogP contribution in [0.5, 0.6) is 0 Å². The largest absolute Gasteiger partial charge is 0.466 e. The van der Waals surface area contributed by atoms with Gasteiger partial charge in [-0.15, -0.1) is 0 Å². The van der Waals surface area contributed by atoms with Gasteiger partial charge in [0.05, 0.1) is 12.5 Å². The van der Waals surface area contributed by atoms with E-state index in [1.165, 1.54) is 0 Å². The first kappa shape index (κ1) is 14.0. The average Bonchev–Trinajstić information content (AvgIpc) is 2.32. The Hall–Kier alpha value is -1.02. The second-order valence-electron chi connectivity index (χ2n) is 3.97. The van der Waals surface area contributed by atoms with Gasteiger partial charge in [-0.1, -0.05) is 49.6 Å². The molecular weight excluding hydrogens is 236 g/mol. The molecule has 0 saturated heterocycles. The fourth-order valence-corrected chi connectivity index (χ4v) is 2.08. The number of hydrogen-bond donors (Lipinski definition) is 0. The van der Waals surface area contributed by atoms with Crippen LogP contribution in [0, 0.1) is 0 Å². The predicted molar refractivity (Wildman–Crippen MR) is 70.4 cm³/mol. The van der Waals surface area contributed by atoms with E-state index in [2.05, 4.69) is 6.92 Å². The van der Waals surface area contributed by atoms with E-state index in [1.807, 2.05) is 31.2 Å². The standard InChI is InChI=1S/C14H19ClO2/c1-3-5-8-12(14(16)17-4-2)11-9-6-7-10-13(11)15/h6-7,9-10,12H,3-5,8H2,1-2H3. The van der Waals surface area contributed by atoms with E-state index in [9.17, 15) is 4.79 Å². The summed E-state index contributed by atoms with van der Waals surface area (Å²) in [5.74, 6) is -0.405. The molecule has 17 heavy (non-hydrogen) atoms. The molecule has 2 nitrogen and oxygen atoms in total. The van der Waals surface area contributed by atoms with E-state index in [-0.39, 0.29) is 11.9 Å². The van der Waals surface area contributed by atoms with E-state index in [1.54, 1.807) is 0 Å². The Balaban J connectivity index is 2.89. The van der Waals surface area contributed by atoms with Gasteiger partial charge >= 0.3 is 5.97 Å². The highest BCUT2D eigenvalue weighted by atomic mass is 35.5. The first-order chi connectivity index (χ1) is 8.20. The van der Waals surface area contributed by atoms with Crippen molar-refractivity contribution in [2.75, 3.05) is 6.61 Å². The first-order valence-corrected chi connectivity index (χ1v) is 6.49. The Kier molecular flexibility index (Phi) is 6.06. The SMILES string of the molecule is CCCCC(C(=O)OCC)c1ccccc1Cl. The molecule has 0 N–H and O–H groups in total. The lowest BCUT2D eigenvalue weighted by atomic mass is 9.93. The number of carbonyl (C=O) groups excluding carboxylic acids is 1. The number of ether oxygens (including phenoxy) is 1. The van der Waals surface area contributed by atoms with Crippen molar-refractivity contribution in [1.82, 2.24) is 0 Å². The third-order valence-electron chi connectivity index (χ3n) is 2.70. The molecule has 0 saturated carbocycles. The Morgan fingerprint density at radius 3 is 2.65 bits per heavy atom. The van der Waals surface area contributed by atoms with Gasteiger partial charge < -0.3 is 4.74 Å². The summed E-state index contributed by atoms with van der Waals surface area (Å²) >= 11 is 6.13. The van der Waals surface area contributed by atoms with Crippen molar-refractivity contribution in [3.63, 3.8) is 0 Å². The van der Waals surface area contributed by atoms with Crippen molar-refractivity contribution >= 4 is 17.6 Å². The molecule has 1 atom stereocenters. The van der Waals surface area contributed by atoms with Gasteiger partial charge in [0.2, 0.25) is 0 Å². The summed E-state index contributed by atoms with van der Waals surface area (Å²) in [4.78, 5) is 11.9. The monoisotopic (exact) mass is 254 g/mol. The first-order valence-electron chi connectivity index (χ1n) is 6.11. The predicted octanol–water partition coefficient (Wildman–Crippen LogP) is 4.18. The molecule has 0 heterocycles. The van der Waals surface area contributed by atoms with Gasteiger partial charge in [0.25, 0.3) is 0 Å². The molecule has 1 aromatic carbocycles. The highest BCUT2D eigenvalue weighted by Crippen LogP contribution is 2.29. The number of halogens is 1. The van der Waals surface area contributed by atoms with Crippen molar-refractivity contribution < 1.29 is 9.53 Å². The van der Waals surface area contributed by atoms with Crippen molar-refractivity contribution in [1.29, 1.82) is 0 Å². The van der Waals surface area contributed by atoms with E-state index < -0.39 is 0 Å². The fourth-order valence-electron chi connectivity index (χ4n) is 1.81. The zero-order chi connectivity index (χ0) is 12.7. The second-order valence-corrected chi connectivity index (χ2v) is 4.38. The number of esters is 1. The molecule has 0 spiro atoms. The van der Waals surface area contributed by atoms with Crippen LogP contribution >= 0.6 is 11.6 Å². The minimum atomic E-state index is -0.233. The summed E-state index contributed by atoms with van der Waals surface area (Å²) in [6.07, 6.45) is 2.84. The molecule has 0 radical (unpaired) electrons. The van der Waals surface area contributed by atoms with Crippen LogP contribution in [0.25, 0.3) is 0 Å². The molecule has 94 valence electrons. The molecular formula is C14H19ClO2. The molecule has 3 heteroatoms. The fraction of sp³-hybridized carbons (Fsp3) is 0.500. The molecule has 1 aromatic rings. The summed E-state index contributed by atoms with van der Waals surface area (Å²) in [6.45, 7) is 4.34. The molecule has 0 aromatic heterocycles. The third kappa shape index (κ3) is 4.04. The highest BCUT2D eigenvalue weighted by molar-refractivity contribution is 6.31. The van der Waals surface area contributed by atoms with Gasteiger partial charge in [-0.2, -0.15) is 0 Å². The Bertz CT molecular complexity index is 363. The quantitative estimate of drug-likeness (QED) is 0.712. The van der Waals surface area contributed by atoms with Gasteiger partial charge in [0, 0.05) is 5.02 Å². The van der Waals surface area contributed by atoms with E-state index in [4.69, 9.17) is 16.3 Å². The minimum Gasteiger partial charge on any atom is -0.466 e. The van der Waals surface area contributed by atoms with Gasteiger partial charge in [-0.25, -0.2) is 0 Å². The van der Waals surface area contributed by atoms with E-state index in [0.717, 1.165) is 24.8 Å². The Morgan fingerprint density at radius 1 is 1.35 bits per heavy atom. The Labute approximate surface area is 108 Å². The maximum Gasteiger partial charge on any atom is 0.313 e. The smallest absolute Gasteiger partial charge is 0.313 e. The van der Waals surface area contributed by atoms with Gasteiger partial charge in [0.1, 0.15) is 0 Å². The molecule has 1 rings (SSSR count). The summed E-state index contributed by atoms with van der Waals surface area (Å²) in [7, 11) is 0. The van der Waals surface area contributed by atoms with Crippen LogP contribution in [0.3, 0.4) is 0 Å². The Morgan fingerprint density at radius 2 is 2.06 bits per heavy atom. The second kappa shape index (κ2) is 7.33. The molecule has 0 aliphatic rings. The molecule has 1 unspecified atom stereocenters. The molecule has 0 aliphatic carbocycles.